The Balaban J connectivity index is 2.06. The van der Waals surface area contributed by atoms with Crippen molar-refractivity contribution >= 4 is 29.1 Å². The number of hydrogen-bond acceptors (Lipinski definition) is 5. The number of nitrogens with zero attached hydrogens (tertiary/aromatic N) is 1. The SMILES string of the molecule is CCOC(=O)[C@]1(C)[NH2+][C@H](c2cccs2)[C@@H]2C(=O)N(CC)C(=O)[C@H]21. The third kappa shape index (κ3) is 2.21. The number of hydrogen-bond donors (Lipinski definition) is 1. The van der Waals surface area contributed by atoms with Gasteiger partial charge in [-0.3, -0.25) is 14.5 Å². The number of likely N-dealkylation sites (tertiary alicyclic amines) is 1. The van der Waals surface area contributed by atoms with Crippen LogP contribution >= 0.6 is 11.3 Å². The molecule has 7 heteroatoms. The van der Waals surface area contributed by atoms with E-state index in [-0.39, 0.29) is 24.5 Å². The predicted octanol–water partition coefficient (Wildman–Crippen LogP) is 0.309. The molecule has 3 heterocycles. The minimum Gasteiger partial charge on any atom is -0.461 e. The van der Waals surface area contributed by atoms with Gasteiger partial charge < -0.3 is 10.1 Å². The van der Waals surface area contributed by atoms with Crippen molar-refractivity contribution in [3.05, 3.63) is 22.4 Å². The summed E-state index contributed by atoms with van der Waals surface area (Å²) in [6, 6.07) is 3.65. The molecule has 1 aromatic rings. The normalized spacial score (nSPS) is 33.2. The molecule has 0 radical (unpaired) electrons. The van der Waals surface area contributed by atoms with Crippen molar-refractivity contribution in [3.8, 4) is 0 Å². The van der Waals surface area contributed by atoms with Gasteiger partial charge in [-0.1, -0.05) is 6.07 Å². The summed E-state index contributed by atoms with van der Waals surface area (Å²) in [4.78, 5) is 40.3. The topological polar surface area (TPSA) is 80.3 Å². The number of imide groups is 1. The second-order valence-electron chi connectivity index (χ2n) is 6.14. The van der Waals surface area contributed by atoms with Crippen LogP contribution in [0.3, 0.4) is 0 Å². The Labute approximate surface area is 138 Å². The van der Waals surface area contributed by atoms with Crippen LogP contribution < -0.4 is 5.32 Å². The minimum absolute atomic E-state index is 0.176. The van der Waals surface area contributed by atoms with E-state index >= 15 is 0 Å². The number of quaternary nitrogens is 1. The van der Waals surface area contributed by atoms with Crippen LogP contribution in [-0.4, -0.2) is 41.4 Å². The van der Waals surface area contributed by atoms with Crippen molar-refractivity contribution in [3.63, 3.8) is 0 Å². The van der Waals surface area contributed by atoms with Crippen molar-refractivity contribution in [1.82, 2.24) is 4.90 Å². The highest BCUT2D eigenvalue weighted by Crippen LogP contribution is 2.45. The second kappa shape index (κ2) is 5.72. The Hall–Kier alpha value is -1.73. The average molecular weight is 337 g/mol. The van der Waals surface area contributed by atoms with E-state index in [9.17, 15) is 14.4 Å². The lowest BCUT2D eigenvalue weighted by Crippen LogP contribution is -2.97. The van der Waals surface area contributed by atoms with E-state index in [1.807, 2.05) is 22.8 Å². The number of esters is 1. The van der Waals surface area contributed by atoms with Crippen molar-refractivity contribution in [2.75, 3.05) is 13.2 Å². The van der Waals surface area contributed by atoms with Crippen LogP contribution in [0.1, 0.15) is 31.7 Å². The van der Waals surface area contributed by atoms with Gasteiger partial charge in [-0.05, 0) is 25.3 Å². The summed E-state index contributed by atoms with van der Waals surface area (Å²) in [5.74, 6) is -2.02. The van der Waals surface area contributed by atoms with Crippen LogP contribution in [0.5, 0.6) is 0 Å². The highest BCUT2D eigenvalue weighted by molar-refractivity contribution is 7.10. The molecule has 4 atom stereocenters. The van der Waals surface area contributed by atoms with Crippen molar-refractivity contribution in [1.29, 1.82) is 0 Å². The van der Waals surface area contributed by atoms with E-state index in [0.29, 0.717) is 6.54 Å². The number of nitrogens with two attached hydrogens (primary N) is 1. The predicted molar refractivity (Wildman–Crippen MR) is 83.4 cm³/mol. The van der Waals surface area contributed by atoms with E-state index in [0.717, 1.165) is 4.88 Å². The second-order valence-corrected chi connectivity index (χ2v) is 7.11. The fraction of sp³-hybridized carbons (Fsp3) is 0.562. The smallest absolute Gasteiger partial charge is 0.368 e. The van der Waals surface area contributed by atoms with Gasteiger partial charge >= 0.3 is 5.97 Å². The third-order valence-corrected chi connectivity index (χ3v) is 5.88. The first-order chi connectivity index (χ1) is 11.0. The fourth-order valence-corrected chi connectivity index (χ4v) is 4.70. The Morgan fingerprint density at radius 1 is 1.39 bits per heavy atom. The zero-order chi connectivity index (χ0) is 16.8. The molecule has 0 aromatic carbocycles. The molecule has 2 amide bonds. The third-order valence-electron chi connectivity index (χ3n) is 4.90. The van der Waals surface area contributed by atoms with Gasteiger partial charge in [0.25, 0.3) is 0 Å². The van der Waals surface area contributed by atoms with Gasteiger partial charge in [0.1, 0.15) is 17.9 Å². The Bertz CT molecular complexity index is 645. The maximum atomic E-state index is 12.7. The molecule has 2 N–H and O–H groups in total. The number of carbonyl (C=O) groups is 3. The molecule has 0 unspecified atom stereocenters. The van der Waals surface area contributed by atoms with Gasteiger partial charge in [0.05, 0.1) is 11.5 Å². The average Bonchev–Trinajstić information content (AvgIpc) is 3.18. The molecule has 2 aliphatic heterocycles. The lowest BCUT2D eigenvalue weighted by atomic mass is 9.81. The van der Waals surface area contributed by atoms with Gasteiger partial charge in [-0.25, -0.2) is 4.79 Å². The maximum Gasteiger partial charge on any atom is 0.368 e. The summed E-state index contributed by atoms with van der Waals surface area (Å²) < 4.78 is 5.21. The molecule has 0 aliphatic carbocycles. The van der Waals surface area contributed by atoms with Crippen LogP contribution in [-0.2, 0) is 19.1 Å². The molecule has 3 rings (SSSR count). The molecule has 124 valence electrons. The molecule has 0 saturated carbocycles. The number of rotatable bonds is 4. The Kier molecular flexibility index (Phi) is 4.01. The van der Waals surface area contributed by atoms with E-state index in [1.54, 1.807) is 32.1 Å². The summed E-state index contributed by atoms with van der Waals surface area (Å²) >= 11 is 1.54. The van der Waals surface area contributed by atoms with E-state index < -0.39 is 23.3 Å². The minimum atomic E-state index is -1.06. The first kappa shape index (κ1) is 16.1. The summed E-state index contributed by atoms with van der Waals surface area (Å²) in [6.07, 6.45) is 0. The van der Waals surface area contributed by atoms with E-state index in [2.05, 4.69) is 0 Å². The first-order valence-electron chi connectivity index (χ1n) is 7.87. The van der Waals surface area contributed by atoms with E-state index in [1.165, 1.54) is 4.90 Å². The number of ether oxygens (including phenoxy) is 1. The Morgan fingerprint density at radius 3 is 2.70 bits per heavy atom. The molecule has 1 aromatic heterocycles. The first-order valence-corrected chi connectivity index (χ1v) is 8.75. The molecule has 2 aliphatic rings. The molecule has 2 saturated heterocycles. The van der Waals surface area contributed by atoms with Crippen molar-refractivity contribution in [2.24, 2.45) is 11.8 Å². The van der Waals surface area contributed by atoms with Crippen LogP contribution in [0.4, 0.5) is 0 Å². The maximum absolute atomic E-state index is 12.7. The zero-order valence-electron chi connectivity index (χ0n) is 13.4. The summed E-state index contributed by atoms with van der Waals surface area (Å²) in [6.45, 7) is 5.83. The number of amides is 2. The molecule has 0 bridgehead atoms. The summed E-state index contributed by atoms with van der Waals surface area (Å²) in [7, 11) is 0. The van der Waals surface area contributed by atoms with Crippen LogP contribution in [0.2, 0.25) is 0 Å². The number of thiophene rings is 1. The standard InChI is InChI=1S/C16H20N2O4S/c1-4-18-13(19)10-11(14(18)20)16(3,15(21)22-5-2)17-12(10)9-7-6-8-23-9/h6-8,10-12,17H,4-5H2,1-3H3/p+1/t10-,11+,12-,16-/m1/s1. The lowest BCUT2D eigenvalue weighted by molar-refractivity contribution is -0.730. The highest BCUT2D eigenvalue weighted by Gasteiger charge is 2.70. The van der Waals surface area contributed by atoms with Gasteiger partial charge in [0, 0.05) is 13.5 Å². The molecular formula is C16H21N2O4S+. The van der Waals surface area contributed by atoms with Gasteiger partial charge in [-0.15, -0.1) is 11.3 Å². The van der Waals surface area contributed by atoms with Crippen LogP contribution in [0.15, 0.2) is 17.5 Å². The van der Waals surface area contributed by atoms with Gasteiger partial charge in [0.2, 0.25) is 17.4 Å². The largest absolute Gasteiger partial charge is 0.461 e. The van der Waals surface area contributed by atoms with Gasteiger partial charge in [0.15, 0.2) is 0 Å². The van der Waals surface area contributed by atoms with E-state index in [4.69, 9.17) is 4.74 Å². The van der Waals surface area contributed by atoms with Crippen molar-refractivity contribution in [2.45, 2.75) is 32.4 Å². The van der Waals surface area contributed by atoms with Crippen LogP contribution in [0.25, 0.3) is 0 Å². The quantitative estimate of drug-likeness (QED) is 0.633. The molecule has 0 spiro atoms. The monoisotopic (exact) mass is 337 g/mol. The van der Waals surface area contributed by atoms with Crippen LogP contribution in [0, 0.1) is 11.8 Å². The Morgan fingerprint density at radius 2 is 2.13 bits per heavy atom. The number of carbonyl (C=O) groups excluding carboxylic acids is 3. The zero-order valence-corrected chi connectivity index (χ0v) is 14.3. The molecular weight excluding hydrogens is 316 g/mol. The van der Waals surface area contributed by atoms with Crippen molar-refractivity contribution < 1.29 is 24.4 Å². The van der Waals surface area contributed by atoms with Gasteiger partial charge in [-0.2, -0.15) is 0 Å². The summed E-state index contributed by atoms with van der Waals surface area (Å²) in [5, 5.41) is 3.80. The fourth-order valence-electron chi connectivity index (χ4n) is 3.86. The number of fused-ring (bicyclic) bond motifs is 1. The highest BCUT2D eigenvalue weighted by atomic mass is 32.1. The molecule has 2 fully saturated rings. The lowest BCUT2D eigenvalue weighted by Gasteiger charge is -2.25. The molecule has 6 nitrogen and oxygen atoms in total. The molecule has 23 heavy (non-hydrogen) atoms. The summed E-state index contributed by atoms with van der Waals surface area (Å²) in [5.41, 5.74) is -1.06.